The van der Waals surface area contributed by atoms with Crippen molar-refractivity contribution in [2.45, 2.75) is 57.9 Å². The van der Waals surface area contributed by atoms with E-state index >= 15 is 0 Å². The van der Waals surface area contributed by atoms with Crippen LogP contribution in [0.1, 0.15) is 57.6 Å². The van der Waals surface area contributed by atoms with Crippen LogP contribution in [0.5, 0.6) is 0 Å². The molecule has 180 valence electrons. The molecule has 0 saturated heterocycles. The molecule has 2 aliphatic carbocycles. The van der Waals surface area contributed by atoms with E-state index in [4.69, 9.17) is 10.2 Å². The lowest BCUT2D eigenvalue weighted by molar-refractivity contribution is 0.0981. The van der Waals surface area contributed by atoms with Gasteiger partial charge < -0.3 is 15.6 Å². The Balaban J connectivity index is 1.16. The Labute approximate surface area is 203 Å². The summed E-state index contributed by atoms with van der Waals surface area (Å²) in [5.41, 5.74) is 9.19. The fraction of sp³-hybridized carbons (Fsp3) is 0.464. The molecule has 1 aromatic heterocycles. The zero-order chi connectivity index (χ0) is 23.8. The average molecular weight is 460 g/mol. The van der Waals surface area contributed by atoms with Crippen molar-refractivity contribution < 1.29 is 4.84 Å². The highest BCUT2D eigenvalue weighted by molar-refractivity contribution is 6.07. The van der Waals surface area contributed by atoms with E-state index in [0.717, 1.165) is 41.2 Å². The summed E-state index contributed by atoms with van der Waals surface area (Å²) in [6, 6.07) is 8.33. The Morgan fingerprint density at radius 2 is 2.00 bits per heavy atom. The summed E-state index contributed by atoms with van der Waals surface area (Å²) in [4.78, 5) is 14.1. The molecule has 1 aromatic carbocycles. The number of nitrogens with zero attached hydrogens (tertiary/aromatic N) is 2. The van der Waals surface area contributed by atoms with Crippen molar-refractivity contribution in [2.75, 3.05) is 13.7 Å². The van der Waals surface area contributed by atoms with Gasteiger partial charge in [0.25, 0.3) is 0 Å². The summed E-state index contributed by atoms with van der Waals surface area (Å²) in [7, 11) is 1.67. The second-order valence-electron chi connectivity index (χ2n) is 9.63. The van der Waals surface area contributed by atoms with Crippen LogP contribution in [-0.2, 0) is 4.84 Å². The van der Waals surface area contributed by atoms with Gasteiger partial charge in [0.1, 0.15) is 0 Å². The fourth-order valence-corrected chi connectivity index (χ4v) is 4.97. The number of fused-ring (bicyclic) bond motifs is 1. The van der Waals surface area contributed by atoms with Gasteiger partial charge in [-0.15, -0.1) is 0 Å². The van der Waals surface area contributed by atoms with Gasteiger partial charge in [0.15, 0.2) is 0 Å². The summed E-state index contributed by atoms with van der Waals surface area (Å²) >= 11 is 0. The molecule has 1 heterocycles. The molecule has 2 aliphatic rings. The Bertz CT molecular complexity index is 1070. The number of unbranched alkanes of at least 4 members (excludes halogenated alkanes) is 1. The van der Waals surface area contributed by atoms with Gasteiger partial charge in [-0.3, -0.25) is 4.98 Å². The lowest BCUT2D eigenvalue weighted by Crippen LogP contribution is -2.38. The first-order chi connectivity index (χ1) is 16.7. The number of para-hydroxylation sites is 2. The van der Waals surface area contributed by atoms with Gasteiger partial charge in [0.05, 0.1) is 30.0 Å². The maximum Gasteiger partial charge on any atom is 0.0922 e. The molecule has 4 rings (SSSR count). The molecule has 1 saturated carbocycles. The van der Waals surface area contributed by atoms with E-state index in [-0.39, 0.29) is 0 Å². The smallest absolute Gasteiger partial charge is 0.0922 e. The lowest BCUT2D eigenvalue weighted by Gasteiger charge is -2.36. The summed E-state index contributed by atoms with van der Waals surface area (Å²) in [6.07, 6.45) is 18.3. The van der Waals surface area contributed by atoms with E-state index in [1.165, 1.54) is 50.3 Å². The van der Waals surface area contributed by atoms with Crippen molar-refractivity contribution in [3.8, 4) is 0 Å². The topological polar surface area (TPSA) is 82.9 Å². The SMILES string of the molecule is CONCC1=CC=C(CCCCC2CC(N/C=C(\C=N)c3cnc4ccccc4n3)C2)C(C)C1. The fourth-order valence-electron chi connectivity index (χ4n) is 4.97. The summed E-state index contributed by atoms with van der Waals surface area (Å²) in [5.74, 6) is 1.46. The van der Waals surface area contributed by atoms with Gasteiger partial charge in [-0.05, 0) is 56.1 Å². The third kappa shape index (κ3) is 6.39. The van der Waals surface area contributed by atoms with E-state index in [2.05, 4.69) is 39.8 Å². The highest BCUT2D eigenvalue weighted by atomic mass is 16.6. The zero-order valence-corrected chi connectivity index (χ0v) is 20.4. The van der Waals surface area contributed by atoms with Crippen LogP contribution in [-0.4, -0.2) is 35.9 Å². The monoisotopic (exact) mass is 459 g/mol. The second-order valence-corrected chi connectivity index (χ2v) is 9.63. The van der Waals surface area contributed by atoms with Crippen LogP contribution < -0.4 is 10.8 Å². The first-order valence-electron chi connectivity index (χ1n) is 12.5. The first kappa shape index (κ1) is 24.3. The van der Waals surface area contributed by atoms with Crippen LogP contribution >= 0.6 is 0 Å². The molecule has 6 nitrogen and oxygen atoms in total. The van der Waals surface area contributed by atoms with Crippen molar-refractivity contribution in [3.63, 3.8) is 0 Å². The maximum atomic E-state index is 7.80. The number of nitrogens with one attached hydrogen (secondary N) is 3. The largest absolute Gasteiger partial charge is 0.388 e. The number of hydrogen-bond acceptors (Lipinski definition) is 6. The minimum absolute atomic E-state index is 0.499. The van der Waals surface area contributed by atoms with Crippen molar-refractivity contribution >= 4 is 22.8 Å². The van der Waals surface area contributed by atoms with Crippen molar-refractivity contribution in [1.82, 2.24) is 20.8 Å². The molecule has 34 heavy (non-hydrogen) atoms. The minimum Gasteiger partial charge on any atom is -0.388 e. The first-order valence-corrected chi connectivity index (χ1v) is 12.5. The van der Waals surface area contributed by atoms with Crippen LogP contribution in [0, 0.1) is 17.2 Å². The number of rotatable bonds is 12. The summed E-state index contributed by atoms with van der Waals surface area (Å²) in [6.45, 7) is 3.15. The third-order valence-corrected chi connectivity index (χ3v) is 7.12. The Morgan fingerprint density at radius 3 is 2.76 bits per heavy atom. The van der Waals surface area contributed by atoms with Gasteiger partial charge in [-0.1, -0.05) is 55.2 Å². The molecule has 0 bridgehead atoms. The highest BCUT2D eigenvalue weighted by Crippen LogP contribution is 2.33. The Kier molecular flexibility index (Phi) is 8.61. The molecule has 3 N–H and O–H groups in total. The van der Waals surface area contributed by atoms with Crippen LogP contribution in [0.2, 0.25) is 0 Å². The van der Waals surface area contributed by atoms with Crippen LogP contribution in [0.3, 0.4) is 0 Å². The van der Waals surface area contributed by atoms with E-state index < -0.39 is 0 Å². The zero-order valence-electron chi connectivity index (χ0n) is 20.4. The molecule has 1 unspecified atom stereocenters. The molecule has 1 atom stereocenters. The van der Waals surface area contributed by atoms with Gasteiger partial charge >= 0.3 is 0 Å². The Hall–Kier alpha value is -2.83. The second kappa shape index (κ2) is 12.0. The van der Waals surface area contributed by atoms with Gasteiger partial charge in [0, 0.05) is 30.6 Å². The van der Waals surface area contributed by atoms with Gasteiger partial charge in [0.2, 0.25) is 0 Å². The molecule has 0 aliphatic heterocycles. The van der Waals surface area contributed by atoms with Crippen LogP contribution in [0.4, 0.5) is 0 Å². The maximum absolute atomic E-state index is 7.80. The quantitative estimate of drug-likeness (QED) is 0.219. The third-order valence-electron chi connectivity index (χ3n) is 7.12. The molecular weight excluding hydrogens is 422 g/mol. The van der Waals surface area contributed by atoms with E-state index in [0.29, 0.717) is 12.0 Å². The molecule has 2 aromatic rings. The van der Waals surface area contributed by atoms with Crippen LogP contribution in [0.25, 0.3) is 16.6 Å². The number of benzene rings is 1. The van der Waals surface area contributed by atoms with Crippen molar-refractivity contribution in [3.05, 3.63) is 65.7 Å². The van der Waals surface area contributed by atoms with Crippen LogP contribution in [0.15, 0.2) is 60.0 Å². The lowest BCUT2D eigenvalue weighted by atomic mass is 9.77. The summed E-state index contributed by atoms with van der Waals surface area (Å²) in [5, 5.41) is 11.3. The predicted molar refractivity (Wildman–Crippen MR) is 139 cm³/mol. The predicted octanol–water partition coefficient (Wildman–Crippen LogP) is 5.59. The number of aromatic nitrogens is 2. The average Bonchev–Trinajstić information content (AvgIpc) is 2.84. The molecular formula is C28H37N5O. The number of allylic oxidation sites excluding steroid dienone is 4. The molecule has 1 fully saturated rings. The van der Waals surface area contributed by atoms with Gasteiger partial charge in [-0.25, -0.2) is 4.98 Å². The number of hydrogen-bond donors (Lipinski definition) is 3. The molecule has 6 heteroatoms. The Morgan fingerprint density at radius 1 is 1.18 bits per heavy atom. The van der Waals surface area contributed by atoms with E-state index in [9.17, 15) is 0 Å². The minimum atomic E-state index is 0.499. The van der Waals surface area contributed by atoms with E-state index in [1.54, 1.807) is 18.9 Å². The van der Waals surface area contributed by atoms with Crippen molar-refractivity contribution in [2.24, 2.45) is 11.8 Å². The summed E-state index contributed by atoms with van der Waals surface area (Å²) < 4.78 is 0. The highest BCUT2D eigenvalue weighted by Gasteiger charge is 2.27. The van der Waals surface area contributed by atoms with Crippen molar-refractivity contribution in [1.29, 1.82) is 5.41 Å². The molecule has 0 radical (unpaired) electrons. The van der Waals surface area contributed by atoms with Gasteiger partial charge in [-0.2, -0.15) is 5.48 Å². The molecule has 0 amide bonds. The standard InChI is InChI=1S/C28H37N5O/c1-20-13-22(17-32-34-2)11-12-23(20)8-4-3-7-21-14-25(15-21)30-18-24(16-29)28-19-31-26-9-5-6-10-27(26)33-28/h5-6,9-12,16,18-21,25,29-30,32H,3-4,7-8,13-15,17H2,1-2H3/b24-18+,29-16?. The number of hydroxylamine groups is 1. The van der Waals surface area contributed by atoms with E-state index in [1.807, 2.05) is 30.5 Å². The normalized spacial score (nSPS) is 22.6. The molecule has 0 spiro atoms.